The fourth-order valence-corrected chi connectivity index (χ4v) is 3.55. The van der Waals surface area contributed by atoms with E-state index in [1.807, 2.05) is 12.1 Å². The summed E-state index contributed by atoms with van der Waals surface area (Å²) in [5, 5.41) is 3.05. The van der Waals surface area contributed by atoms with Gasteiger partial charge in [0.15, 0.2) is 0 Å². The molecule has 1 aliphatic rings. The van der Waals surface area contributed by atoms with Crippen molar-refractivity contribution in [2.75, 3.05) is 5.32 Å². The molecule has 1 aromatic heterocycles. The highest BCUT2D eigenvalue weighted by molar-refractivity contribution is 5.97. The second-order valence-electron chi connectivity index (χ2n) is 6.15. The zero-order chi connectivity index (χ0) is 15.7. The lowest BCUT2D eigenvalue weighted by atomic mass is 9.95. The Labute approximate surface area is 132 Å². The summed E-state index contributed by atoms with van der Waals surface area (Å²) >= 11 is 0. The fourth-order valence-electron chi connectivity index (χ4n) is 3.55. The van der Waals surface area contributed by atoms with E-state index >= 15 is 0 Å². The van der Waals surface area contributed by atoms with Crippen LogP contribution in [0.5, 0.6) is 0 Å². The topological polar surface area (TPSA) is 34.0 Å². The van der Waals surface area contributed by atoms with Gasteiger partial charge in [0, 0.05) is 41.7 Å². The van der Waals surface area contributed by atoms with E-state index in [2.05, 4.69) is 42.9 Å². The van der Waals surface area contributed by atoms with Crippen LogP contribution in [0.4, 0.5) is 5.69 Å². The summed E-state index contributed by atoms with van der Waals surface area (Å²) in [4.78, 5) is 12.1. The molecule has 116 valence electrons. The van der Waals surface area contributed by atoms with Crippen LogP contribution >= 0.6 is 0 Å². The van der Waals surface area contributed by atoms with Gasteiger partial charge in [-0.3, -0.25) is 4.79 Å². The second-order valence-corrected chi connectivity index (χ2v) is 6.15. The van der Waals surface area contributed by atoms with Crippen LogP contribution in [0.15, 0.2) is 24.3 Å². The number of carbonyl (C=O) groups excluding carboxylic acids is 1. The Kier molecular flexibility index (Phi) is 4.06. The van der Waals surface area contributed by atoms with Gasteiger partial charge < -0.3 is 9.88 Å². The monoisotopic (exact) mass is 296 g/mol. The molecule has 1 amide bonds. The Bertz CT molecular complexity index is 712. The largest absolute Gasteiger partial charge is 0.351 e. The van der Waals surface area contributed by atoms with Gasteiger partial charge in [-0.15, -0.1) is 0 Å². The molecule has 0 unspecified atom stereocenters. The number of fused-ring (bicyclic) bond motifs is 3. The van der Waals surface area contributed by atoms with E-state index in [0.717, 1.165) is 24.1 Å². The standard InChI is InChI=1S/C19H24N2O/c1-4-5-10-16-13(2)19-14-8-6-7-9-15(14)20-18(22)12-11-17(19)21(16)3/h6-9H,4-5,10-12H2,1-3H3,(H,20,22). The Hall–Kier alpha value is -2.03. The molecule has 2 heterocycles. The van der Waals surface area contributed by atoms with Crippen molar-refractivity contribution in [1.29, 1.82) is 0 Å². The first-order valence-corrected chi connectivity index (χ1v) is 8.19. The van der Waals surface area contributed by atoms with Crippen molar-refractivity contribution in [3.63, 3.8) is 0 Å². The number of rotatable bonds is 3. The van der Waals surface area contributed by atoms with Crippen LogP contribution in [0.3, 0.4) is 0 Å². The number of benzene rings is 1. The van der Waals surface area contributed by atoms with Gasteiger partial charge >= 0.3 is 0 Å². The number of anilines is 1. The van der Waals surface area contributed by atoms with Gasteiger partial charge in [-0.05, 0) is 37.8 Å². The number of para-hydroxylation sites is 1. The smallest absolute Gasteiger partial charge is 0.224 e. The van der Waals surface area contributed by atoms with Gasteiger partial charge in [0.25, 0.3) is 0 Å². The molecular formula is C19H24N2O. The third kappa shape index (κ3) is 2.45. The van der Waals surface area contributed by atoms with Crippen molar-refractivity contribution in [1.82, 2.24) is 4.57 Å². The number of unbranched alkanes of at least 4 members (excludes halogenated alkanes) is 1. The van der Waals surface area contributed by atoms with Crippen LogP contribution in [0.1, 0.15) is 43.1 Å². The molecule has 0 fully saturated rings. The van der Waals surface area contributed by atoms with Gasteiger partial charge in [-0.25, -0.2) is 0 Å². The molecule has 1 N–H and O–H groups in total. The third-order valence-corrected chi connectivity index (χ3v) is 4.73. The van der Waals surface area contributed by atoms with Crippen molar-refractivity contribution in [3.05, 3.63) is 41.2 Å². The van der Waals surface area contributed by atoms with Gasteiger partial charge in [0.2, 0.25) is 5.91 Å². The van der Waals surface area contributed by atoms with Crippen molar-refractivity contribution < 1.29 is 4.79 Å². The molecule has 0 spiro atoms. The third-order valence-electron chi connectivity index (χ3n) is 4.73. The van der Waals surface area contributed by atoms with Gasteiger partial charge in [0.1, 0.15) is 0 Å². The van der Waals surface area contributed by atoms with Gasteiger partial charge in [-0.1, -0.05) is 31.5 Å². The van der Waals surface area contributed by atoms with E-state index in [4.69, 9.17) is 0 Å². The summed E-state index contributed by atoms with van der Waals surface area (Å²) in [7, 11) is 2.15. The zero-order valence-electron chi connectivity index (χ0n) is 13.7. The molecule has 3 rings (SSSR count). The molecule has 1 aromatic carbocycles. The van der Waals surface area contributed by atoms with Crippen LogP contribution in [0.25, 0.3) is 11.1 Å². The normalized spacial score (nSPS) is 13.9. The van der Waals surface area contributed by atoms with Crippen LogP contribution < -0.4 is 5.32 Å². The average molecular weight is 296 g/mol. The van der Waals surface area contributed by atoms with E-state index in [1.165, 1.54) is 35.4 Å². The molecule has 1 aliphatic heterocycles. The lowest BCUT2D eigenvalue weighted by Gasteiger charge is -2.17. The molecule has 3 nitrogen and oxygen atoms in total. The van der Waals surface area contributed by atoms with E-state index in [9.17, 15) is 4.79 Å². The predicted octanol–water partition coefficient (Wildman–Crippen LogP) is 4.23. The Morgan fingerprint density at radius 2 is 2.00 bits per heavy atom. The second kappa shape index (κ2) is 5.99. The SMILES string of the molecule is CCCCc1c(C)c2c(n1C)CCC(=O)Nc1ccccc1-2. The highest BCUT2D eigenvalue weighted by atomic mass is 16.1. The number of carbonyl (C=O) groups is 1. The first-order chi connectivity index (χ1) is 10.6. The Morgan fingerprint density at radius 1 is 1.23 bits per heavy atom. The molecule has 0 aliphatic carbocycles. The number of nitrogens with zero attached hydrogens (tertiary/aromatic N) is 1. The van der Waals surface area contributed by atoms with Crippen molar-refractivity contribution in [2.45, 2.75) is 46.0 Å². The van der Waals surface area contributed by atoms with Crippen LogP contribution in [-0.2, 0) is 24.7 Å². The maximum absolute atomic E-state index is 12.1. The van der Waals surface area contributed by atoms with Crippen molar-refractivity contribution in [2.24, 2.45) is 7.05 Å². The summed E-state index contributed by atoms with van der Waals surface area (Å²) in [6, 6.07) is 8.15. The maximum Gasteiger partial charge on any atom is 0.224 e. The minimum absolute atomic E-state index is 0.104. The highest BCUT2D eigenvalue weighted by Gasteiger charge is 2.23. The lowest BCUT2D eigenvalue weighted by molar-refractivity contribution is -0.116. The fraction of sp³-hybridized carbons (Fsp3) is 0.421. The lowest BCUT2D eigenvalue weighted by Crippen LogP contribution is -2.16. The Morgan fingerprint density at radius 3 is 2.77 bits per heavy atom. The zero-order valence-corrected chi connectivity index (χ0v) is 13.7. The highest BCUT2D eigenvalue weighted by Crippen LogP contribution is 2.38. The van der Waals surface area contributed by atoms with E-state index < -0.39 is 0 Å². The van der Waals surface area contributed by atoms with Crippen LogP contribution in [0.2, 0.25) is 0 Å². The minimum Gasteiger partial charge on any atom is -0.351 e. The minimum atomic E-state index is 0.104. The van der Waals surface area contributed by atoms with Gasteiger partial charge in [0.05, 0.1) is 0 Å². The summed E-state index contributed by atoms with van der Waals surface area (Å²) in [5.41, 5.74) is 7.49. The first kappa shape index (κ1) is 14.9. The summed E-state index contributed by atoms with van der Waals surface area (Å²) in [6.45, 7) is 4.45. The van der Waals surface area contributed by atoms with Crippen LogP contribution in [0, 0.1) is 6.92 Å². The molecule has 0 saturated carbocycles. The maximum atomic E-state index is 12.1. The van der Waals surface area contributed by atoms with Crippen LogP contribution in [-0.4, -0.2) is 10.5 Å². The molecule has 0 radical (unpaired) electrons. The number of nitrogens with one attached hydrogen (secondary N) is 1. The molecule has 2 aromatic rings. The molecular weight excluding hydrogens is 272 g/mol. The number of hydrogen-bond donors (Lipinski definition) is 1. The van der Waals surface area contributed by atoms with E-state index in [0.29, 0.717) is 6.42 Å². The summed E-state index contributed by atoms with van der Waals surface area (Å²) < 4.78 is 2.33. The molecule has 3 heteroatoms. The number of hydrogen-bond acceptors (Lipinski definition) is 1. The van der Waals surface area contributed by atoms with E-state index in [1.54, 1.807) is 0 Å². The van der Waals surface area contributed by atoms with Crippen molar-refractivity contribution in [3.8, 4) is 11.1 Å². The first-order valence-electron chi connectivity index (χ1n) is 8.19. The molecule has 22 heavy (non-hydrogen) atoms. The summed E-state index contributed by atoms with van der Waals surface area (Å²) in [5.74, 6) is 0.104. The molecule has 0 atom stereocenters. The van der Waals surface area contributed by atoms with Crippen molar-refractivity contribution >= 4 is 11.6 Å². The van der Waals surface area contributed by atoms with Gasteiger partial charge in [-0.2, -0.15) is 0 Å². The number of amides is 1. The predicted molar refractivity (Wildman–Crippen MR) is 91.1 cm³/mol. The quantitative estimate of drug-likeness (QED) is 0.903. The van der Waals surface area contributed by atoms with E-state index in [-0.39, 0.29) is 5.91 Å². The molecule has 0 saturated heterocycles. The Balaban J connectivity index is 2.20. The number of aromatic nitrogens is 1. The average Bonchev–Trinajstić information content (AvgIpc) is 2.72. The molecule has 0 bridgehead atoms. The summed E-state index contributed by atoms with van der Waals surface area (Å²) in [6.07, 6.45) is 4.86.